The van der Waals surface area contributed by atoms with Crippen LogP contribution in [0.4, 0.5) is 13.2 Å². The predicted octanol–water partition coefficient (Wildman–Crippen LogP) is 2.64. The molecule has 1 aromatic rings. The summed E-state index contributed by atoms with van der Waals surface area (Å²) in [6.07, 6.45) is -2.87. The summed E-state index contributed by atoms with van der Waals surface area (Å²) in [5, 5.41) is 2.62. The first-order valence-electron chi connectivity index (χ1n) is 6.77. The van der Waals surface area contributed by atoms with Gasteiger partial charge in [0.15, 0.2) is 0 Å². The second kappa shape index (κ2) is 6.74. The van der Waals surface area contributed by atoms with Gasteiger partial charge in [0, 0.05) is 6.54 Å². The average molecular weight is 357 g/mol. The number of nitrogens with one attached hydrogen (secondary N) is 2. The van der Waals surface area contributed by atoms with Crippen LogP contribution in [0.15, 0.2) is 23.1 Å². The van der Waals surface area contributed by atoms with Gasteiger partial charge in [-0.1, -0.05) is 11.6 Å². The van der Waals surface area contributed by atoms with Crippen molar-refractivity contribution in [2.75, 3.05) is 19.6 Å². The third-order valence-corrected chi connectivity index (χ3v) is 5.27. The molecule has 124 valence electrons. The summed E-state index contributed by atoms with van der Waals surface area (Å²) in [7, 11) is -4.00. The smallest absolute Gasteiger partial charge is 0.316 e. The number of sulfonamides is 1. The fourth-order valence-electron chi connectivity index (χ4n) is 2.30. The Morgan fingerprint density at radius 3 is 2.68 bits per heavy atom. The van der Waals surface area contributed by atoms with Crippen molar-refractivity contribution in [2.45, 2.75) is 23.9 Å². The first-order valence-corrected chi connectivity index (χ1v) is 8.63. The summed E-state index contributed by atoms with van der Waals surface area (Å²) >= 11 is 5.49. The molecule has 0 amide bonds. The van der Waals surface area contributed by atoms with Crippen molar-refractivity contribution >= 4 is 21.6 Å². The highest BCUT2D eigenvalue weighted by molar-refractivity contribution is 7.89. The fourth-order valence-corrected chi connectivity index (χ4v) is 3.66. The molecule has 2 N–H and O–H groups in total. The van der Waals surface area contributed by atoms with E-state index in [0.29, 0.717) is 12.6 Å². The van der Waals surface area contributed by atoms with E-state index in [2.05, 4.69) is 10.0 Å². The molecule has 0 bridgehead atoms. The summed E-state index contributed by atoms with van der Waals surface area (Å²) in [4.78, 5) is -0.437. The normalized spacial score (nSPS) is 20.1. The Bertz CT molecular complexity index is 629. The van der Waals surface area contributed by atoms with E-state index in [4.69, 9.17) is 11.6 Å². The third kappa shape index (κ3) is 4.34. The molecule has 0 aromatic heterocycles. The molecule has 1 saturated heterocycles. The molecule has 1 aliphatic rings. The number of piperidine rings is 1. The Balaban J connectivity index is 2.15. The maximum absolute atomic E-state index is 12.8. The number of hydrogen-bond donors (Lipinski definition) is 2. The first kappa shape index (κ1) is 17.5. The van der Waals surface area contributed by atoms with Gasteiger partial charge >= 0.3 is 6.18 Å². The van der Waals surface area contributed by atoms with Gasteiger partial charge in [-0.15, -0.1) is 0 Å². The van der Waals surface area contributed by atoms with E-state index >= 15 is 0 Å². The molecule has 4 nitrogen and oxygen atoms in total. The Hall–Kier alpha value is -0.830. The van der Waals surface area contributed by atoms with E-state index in [1.807, 2.05) is 0 Å². The molecule has 0 spiro atoms. The van der Waals surface area contributed by atoms with Crippen LogP contribution in [0, 0.1) is 5.92 Å². The lowest BCUT2D eigenvalue weighted by atomic mass is 10.0. The van der Waals surface area contributed by atoms with Crippen LogP contribution in [0.25, 0.3) is 0 Å². The van der Waals surface area contributed by atoms with Gasteiger partial charge in [0.1, 0.15) is 0 Å². The minimum absolute atomic E-state index is 0.137. The second-order valence-corrected chi connectivity index (χ2v) is 7.38. The van der Waals surface area contributed by atoms with Crippen molar-refractivity contribution in [2.24, 2.45) is 5.92 Å². The van der Waals surface area contributed by atoms with Gasteiger partial charge in [0.05, 0.1) is 15.5 Å². The van der Waals surface area contributed by atoms with E-state index < -0.39 is 31.7 Å². The summed E-state index contributed by atoms with van der Waals surface area (Å²) in [5.74, 6) is 0.137. The zero-order valence-corrected chi connectivity index (χ0v) is 13.2. The zero-order valence-electron chi connectivity index (χ0n) is 11.6. The van der Waals surface area contributed by atoms with Crippen molar-refractivity contribution in [3.63, 3.8) is 0 Å². The Morgan fingerprint density at radius 1 is 1.36 bits per heavy atom. The summed E-state index contributed by atoms with van der Waals surface area (Å²) < 4.78 is 65.0. The Morgan fingerprint density at radius 2 is 2.09 bits per heavy atom. The Labute approximate surface area is 132 Å². The molecule has 0 aliphatic carbocycles. The van der Waals surface area contributed by atoms with Crippen LogP contribution in [-0.2, 0) is 16.2 Å². The molecular formula is C13H16ClF3N2O2S. The topological polar surface area (TPSA) is 58.2 Å². The van der Waals surface area contributed by atoms with Crippen LogP contribution in [0.5, 0.6) is 0 Å². The van der Waals surface area contributed by atoms with E-state index in [0.717, 1.165) is 31.5 Å². The SMILES string of the molecule is O=S(=O)(NCC1CCCNC1)c1ccc(Cl)c(C(F)(F)F)c1. The highest BCUT2D eigenvalue weighted by atomic mass is 35.5. The molecule has 1 atom stereocenters. The standard InChI is InChI=1S/C13H16ClF3N2O2S/c14-12-4-3-10(6-11(12)13(15,16)17)22(20,21)19-8-9-2-1-5-18-7-9/h3-4,6,9,18-19H,1-2,5,7-8H2. The lowest BCUT2D eigenvalue weighted by Gasteiger charge is -2.23. The number of hydrogen-bond acceptors (Lipinski definition) is 3. The van der Waals surface area contributed by atoms with Gasteiger partial charge in [-0.25, -0.2) is 13.1 Å². The van der Waals surface area contributed by atoms with Crippen LogP contribution in [0.2, 0.25) is 5.02 Å². The lowest BCUT2D eigenvalue weighted by molar-refractivity contribution is -0.137. The molecule has 9 heteroatoms. The Kier molecular flexibility index (Phi) is 5.37. The maximum atomic E-state index is 12.8. The number of alkyl halides is 3. The van der Waals surface area contributed by atoms with E-state index in [1.165, 1.54) is 0 Å². The molecule has 1 heterocycles. The maximum Gasteiger partial charge on any atom is 0.417 e. The van der Waals surface area contributed by atoms with Crippen molar-refractivity contribution in [1.82, 2.24) is 10.0 Å². The third-order valence-electron chi connectivity index (χ3n) is 3.51. The number of rotatable bonds is 4. The quantitative estimate of drug-likeness (QED) is 0.872. The van der Waals surface area contributed by atoms with E-state index in [9.17, 15) is 21.6 Å². The molecule has 2 rings (SSSR count). The monoisotopic (exact) mass is 356 g/mol. The molecular weight excluding hydrogens is 341 g/mol. The first-order chi connectivity index (χ1) is 10.2. The van der Waals surface area contributed by atoms with E-state index in [-0.39, 0.29) is 12.5 Å². The molecule has 1 fully saturated rings. The summed E-state index contributed by atoms with van der Waals surface area (Å²) in [5.41, 5.74) is -1.16. The van der Waals surface area contributed by atoms with Crippen molar-refractivity contribution in [3.8, 4) is 0 Å². The average Bonchev–Trinajstić information content (AvgIpc) is 2.45. The second-order valence-electron chi connectivity index (χ2n) is 5.20. The summed E-state index contributed by atoms with van der Waals surface area (Å²) in [6.45, 7) is 1.78. The molecule has 1 unspecified atom stereocenters. The van der Waals surface area contributed by atoms with Gasteiger partial charge in [0.25, 0.3) is 0 Å². The molecule has 1 aliphatic heterocycles. The lowest BCUT2D eigenvalue weighted by Crippen LogP contribution is -2.38. The molecule has 0 radical (unpaired) electrons. The van der Waals surface area contributed by atoms with Crippen LogP contribution in [0.1, 0.15) is 18.4 Å². The van der Waals surface area contributed by atoms with Crippen LogP contribution in [0.3, 0.4) is 0 Å². The minimum atomic E-state index is -4.70. The molecule has 22 heavy (non-hydrogen) atoms. The van der Waals surface area contributed by atoms with Gasteiger partial charge in [-0.3, -0.25) is 0 Å². The van der Waals surface area contributed by atoms with Crippen molar-refractivity contribution in [1.29, 1.82) is 0 Å². The minimum Gasteiger partial charge on any atom is -0.316 e. The number of benzene rings is 1. The largest absolute Gasteiger partial charge is 0.417 e. The van der Waals surface area contributed by atoms with Crippen LogP contribution >= 0.6 is 11.6 Å². The molecule has 0 saturated carbocycles. The fraction of sp³-hybridized carbons (Fsp3) is 0.538. The van der Waals surface area contributed by atoms with Crippen LogP contribution < -0.4 is 10.0 Å². The molecule has 1 aromatic carbocycles. The highest BCUT2D eigenvalue weighted by Crippen LogP contribution is 2.35. The van der Waals surface area contributed by atoms with Crippen molar-refractivity contribution < 1.29 is 21.6 Å². The van der Waals surface area contributed by atoms with Crippen LogP contribution in [-0.4, -0.2) is 28.1 Å². The van der Waals surface area contributed by atoms with Gasteiger partial charge < -0.3 is 5.32 Å². The highest BCUT2D eigenvalue weighted by Gasteiger charge is 2.34. The van der Waals surface area contributed by atoms with Gasteiger partial charge in [-0.05, 0) is 50.0 Å². The summed E-state index contributed by atoms with van der Waals surface area (Å²) in [6, 6.07) is 2.57. The van der Waals surface area contributed by atoms with E-state index in [1.54, 1.807) is 0 Å². The van der Waals surface area contributed by atoms with Gasteiger partial charge in [0.2, 0.25) is 10.0 Å². The number of halogens is 4. The predicted molar refractivity (Wildman–Crippen MR) is 77.2 cm³/mol. The van der Waals surface area contributed by atoms with Gasteiger partial charge in [-0.2, -0.15) is 13.2 Å². The zero-order chi connectivity index (χ0) is 16.4. The van der Waals surface area contributed by atoms with Crippen molar-refractivity contribution in [3.05, 3.63) is 28.8 Å².